The first kappa shape index (κ1) is 14.0. The summed E-state index contributed by atoms with van der Waals surface area (Å²) in [6.45, 7) is 1.95. The molecule has 0 heterocycles. The summed E-state index contributed by atoms with van der Waals surface area (Å²) < 4.78 is 0. The van der Waals surface area contributed by atoms with Crippen LogP contribution in [0.25, 0.3) is 10.8 Å². The molecular weight excluding hydrogens is 272 g/mol. The molecule has 0 atom stereocenters. The number of aryl methyl sites for hydroxylation is 1. The zero-order valence-electron chi connectivity index (χ0n) is 12.3. The van der Waals surface area contributed by atoms with Gasteiger partial charge < -0.3 is 0 Å². The molecule has 0 saturated carbocycles. The number of benzene rings is 3. The Hall–Kier alpha value is -2.94. The summed E-state index contributed by atoms with van der Waals surface area (Å²) in [4.78, 5) is 12.0. The zero-order chi connectivity index (χ0) is 15.4. The molecule has 3 rings (SSSR count). The number of nitrogens with one attached hydrogen (secondary N) is 1. The summed E-state index contributed by atoms with van der Waals surface area (Å²) in [5, 5.41) is 6.36. The van der Waals surface area contributed by atoms with Crippen molar-refractivity contribution in [2.24, 2.45) is 5.10 Å². The van der Waals surface area contributed by atoms with E-state index in [0.29, 0.717) is 5.56 Å². The maximum absolute atomic E-state index is 12.0. The Morgan fingerprint density at radius 1 is 0.955 bits per heavy atom. The second-order valence-corrected chi connectivity index (χ2v) is 5.18. The van der Waals surface area contributed by atoms with Crippen molar-refractivity contribution >= 4 is 22.9 Å². The van der Waals surface area contributed by atoms with Crippen LogP contribution in [0, 0.1) is 6.92 Å². The van der Waals surface area contributed by atoms with Gasteiger partial charge in [-0.1, -0.05) is 54.1 Å². The highest BCUT2D eigenvalue weighted by Gasteiger charge is 2.03. The Labute approximate surface area is 129 Å². The van der Waals surface area contributed by atoms with Crippen LogP contribution in [0.4, 0.5) is 0 Å². The van der Waals surface area contributed by atoms with Gasteiger partial charge in [0, 0.05) is 5.56 Å². The average molecular weight is 288 g/mol. The first-order valence-electron chi connectivity index (χ1n) is 7.11. The smallest absolute Gasteiger partial charge is 0.267 e. The second kappa shape index (κ2) is 6.22. The lowest BCUT2D eigenvalue weighted by molar-refractivity contribution is 0.0955. The molecule has 0 aromatic heterocycles. The summed E-state index contributed by atoms with van der Waals surface area (Å²) in [7, 11) is 0. The maximum Gasteiger partial charge on any atom is 0.271 e. The van der Waals surface area contributed by atoms with Crippen molar-refractivity contribution in [1.82, 2.24) is 5.43 Å². The van der Waals surface area contributed by atoms with Crippen molar-refractivity contribution in [2.75, 3.05) is 0 Å². The average Bonchev–Trinajstić information content (AvgIpc) is 2.54. The first-order valence-corrected chi connectivity index (χ1v) is 7.11. The fourth-order valence-electron chi connectivity index (χ4n) is 2.30. The normalized spacial score (nSPS) is 11.0. The van der Waals surface area contributed by atoms with E-state index in [9.17, 15) is 4.79 Å². The summed E-state index contributed by atoms with van der Waals surface area (Å²) in [5.41, 5.74) is 5.16. The van der Waals surface area contributed by atoms with E-state index < -0.39 is 0 Å². The van der Waals surface area contributed by atoms with Gasteiger partial charge in [-0.25, -0.2) is 5.43 Å². The third-order valence-electron chi connectivity index (χ3n) is 3.43. The van der Waals surface area contributed by atoms with Crippen LogP contribution < -0.4 is 5.43 Å². The molecular formula is C19H16N2O. The lowest BCUT2D eigenvalue weighted by atomic mass is 10.1. The molecule has 108 valence electrons. The van der Waals surface area contributed by atoms with Gasteiger partial charge in [0.25, 0.3) is 5.91 Å². The highest BCUT2D eigenvalue weighted by molar-refractivity contribution is 5.95. The van der Waals surface area contributed by atoms with E-state index in [1.807, 2.05) is 55.5 Å². The van der Waals surface area contributed by atoms with E-state index in [1.54, 1.807) is 12.3 Å². The maximum atomic E-state index is 12.0. The van der Waals surface area contributed by atoms with E-state index in [4.69, 9.17) is 0 Å². The monoisotopic (exact) mass is 288 g/mol. The molecule has 3 heteroatoms. The van der Waals surface area contributed by atoms with Gasteiger partial charge in [-0.2, -0.15) is 5.10 Å². The van der Waals surface area contributed by atoms with E-state index in [-0.39, 0.29) is 5.91 Å². The van der Waals surface area contributed by atoms with Crippen molar-refractivity contribution in [1.29, 1.82) is 0 Å². The largest absolute Gasteiger partial charge is 0.271 e. The molecule has 3 nitrogen and oxygen atoms in total. The van der Waals surface area contributed by atoms with Crippen LogP contribution >= 0.6 is 0 Å². The molecule has 0 saturated heterocycles. The Morgan fingerprint density at radius 3 is 2.59 bits per heavy atom. The topological polar surface area (TPSA) is 41.5 Å². The van der Waals surface area contributed by atoms with Crippen molar-refractivity contribution < 1.29 is 4.79 Å². The minimum atomic E-state index is -0.208. The molecule has 0 aliphatic heterocycles. The number of fused-ring (bicyclic) bond motifs is 1. The molecule has 0 radical (unpaired) electrons. The van der Waals surface area contributed by atoms with Crippen LogP contribution in [0.5, 0.6) is 0 Å². The van der Waals surface area contributed by atoms with Gasteiger partial charge in [0.15, 0.2) is 0 Å². The lowest BCUT2D eigenvalue weighted by Crippen LogP contribution is -2.17. The predicted octanol–water partition coefficient (Wildman–Crippen LogP) is 3.91. The van der Waals surface area contributed by atoms with Crippen LogP contribution in [-0.4, -0.2) is 12.1 Å². The van der Waals surface area contributed by atoms with Gasteiger partial charge >= 0.3 is 0 Å². The van der Waals surface area contributed by atoms with Gasteiger partial charge in [0.05, 0.1) is 6.21 Å². The number of hydrogen-bond acceptors (Lipinski definition) is 2. The van der Waals surface area contributed by atoms with Gasteiger partial charge in [0.1, 0.15) is 0 Å². The molecule has 0 aliphatic rings. The van der Waals surface area contributed by atoms with Crippen molar-refractivity contribution in [3.63, 3.8) is 0 Å². The zero-order valence-corrected chi connectivity index (χ0v) is 12.3. The van der Waals surface area contributed by atoms with E-state index in [1.165, 1.54) is 5.39 Å². The number of rotatable bonds is 3. The predicted molar refractivity (Wildman–Crippen MR) is 90.2 cm³/mol. The molecule has 1 N–H and O–H groups in total. The van der Waals surface area contributed by atoms with Crippen LogP contribution in [-0.2, 0) is 0 Å². The van der Waals surface area contributed by atoms with Gasteiger partial charge in [0.2, 0.25) is 0 Å². The molecule has 1 amide bonds. The first-order chi connectivity index (χ1) is 10.7. The Bertz CT molecular complexity index is 853. The summed E-state index contributed by atoms with van der Waals surface area (Å²) in [6.07, 6.45) is 1.65. The minimum absolute atomic E-state index is 0.208. The van der Waals surface area contributed by atoms with E-state index in [0.717, 1.165) is 16.5 Å². The fourth-order valence-corrected chi connectivity index (χ4v) is 2.30. The minimum Gasteiger partial charge on any atom is -0.267 e. The Kier molecular flexibility index (Phi) is 3.97. The summed E-state index contributed by atoms with van der Waals surface area (Å²) >= 11 is 0. The van der Waals surface area contributed by atoms with Crippen LogP contribution in [0.1, 0.15) is 21.5 Å². The quantitative estimate of drug-likeness (QED) is 0.576. The SMILES string of the molecule is Cc1cccc(C(=O)N/N=C/c2ccc3ccccc3c2)c1. The van der Waals surface area contributed by atoms with Crippen molar-refractivity contribution in [2.45, 2.75) is 6.92 Å². The molecule has 0 aliphatic carbocycles. The molecule has 0 unspecified atom stereocenters. The number of amides is 1. The third kappa shape index (κ3) is 3.20. The standard InChI is InChI=1S/C19H16N2O/c1-14-5-4-8-18(11-14)19(22)21-20-13-15-9-10-16-6-2-3-7-17(16)12-15/h2-13H,1H3,(H,21,22)/b20-13+. The highest BCUT2D eigenvalue weighted by Crippen LogP contribution is 2.14. The third-order valence-corrected chi connectivity index (χ3v) is 3.43. The van der Waals surface area contributed by atoms with Crippen LogP contribution in [0.3, 0.4) is 0 Å². The number of carbonyl (C=O) groups is 1. The molecule has 0 bridgehead atoms. The molecule has 3 aromatic carbocycles. The van der Waals surface area contributed by atoms with E-state index >= 15 is 0 Å². The number of hydrogen-bond donors (Lipinski definition) is 1. The van der Waals surface area contributed by atoms with Crippen molar-refractivity contribution in [3.8, 4) is 0 Å². The number of carbonyl (C=O) groups excluding carboxylic acids is 1. The Balaban J connectivity index is 1.72. The summed E-state index contributed by atoms with van der Waals surface area (Å²) in [5.74, 6) is -0.208. The van der Waals surface area contributed by atoms with Crippen LogP contribution in [0.2, 0.25) is 0 Å². The van der Waals surface area contributed by atoms with Gasteiger partial charge in [-0.05, 0) is 41.5 Å². The molecule has 0 spiro atoms. The van der Waals surface area contributed by atoms with Gasteiger partial charge in [-0.3, -0.25) is 4.79 Å². The molecule has 3 aromatic rings. The molecule has 22 heavy (non-hydrogen) atoms. The molecule has 0 fully saturated rings. The van der Waals surface area contributed by atoms with Crippen LogP contribution in [0.15, 0.2) is 71.8 Å². The van der Waals surface area contributed by atoms with Crippen molar-refractivity contribution in [3.05, 3.63) is 83.4 Å². The highest BCUT2D eigenvalue weighted by atomic mass is 16.2. The number of hydrazone groups is 1. The number of nitrogens with zero attached hydrogens (tertiary/aromatic N) is 1. The van der Waals surface area contributed by atoms with E-state index in [2.05, 4.69) is 22.7 Å². The lowest BCUT2D eigenvalue weighted by Gasteiger charge is -2.01. The van der Waals surface area contributed by atoms with Gasteiger partial charge in [-0.15, -0.1) is 0 Å². The summed E-state index contributed by atoms with van der Waals surface area (Å²) in [6, 6.07) is 21.6. The Morgan fingerprint density at radius 2 is 1.77 bits per heavy atom. The second-order valence-electron chi connectivity index (χ2n) is 5.18. The fraction of sp³-hybridized carbons (Fsp3) is 0.0526.